The summed E-state index contributed by atoms with van der Waals surface area (Å²) in [5, 5.41) is 7.83. The maximum atomic E-state index is 12.9. The normalized spacial score (nSPS) is 17.6. The minimum Gasteiger partial charge on any atom is -0.355 e. The summed E-state index contributed by atoms with van der Waals surface area (Å²) in [6.45, 7) is 12.3. The quantitative estimate of drug-likeness (QED) is 0.483. The molecule has 150 valence electrons. The fraction of sp³-hybridized carbons (Fsp3) is 0.280. The molecule has 2 N–H and O–H groups in total. The van der Waals surface area contributed by atoms with Crippen molar-refractivity contribution >= 4 is 23.0 Å². The molecule has 0 unspecified atom stereocenters. The molecule has 2 aromatic rings. The molecular weight excluding hydrogens is 358 g/mol. The Labute approximate surface area is 173 Å². The van der Waals surface area contributed by atoms with Crippen LogP contribution in [0.1, 0.15) is 48.2 Å². The van der Waals surface area contributed by atoms with Gasteiger partial charge >= 0.3 is 0 Å². The van der Waals surface area contributed by atoms with E-state index >= 15 is 0 Å². The van der Waals surface area contributed by atoms with E-state index in [-0.39, 0.29) is 5.91 Å². The van der Waals surface area contributed by atoms with Gasteiger partial charge in [0.05, 0.1) is 17.0 Å². The Balaban J connectivity index is 1.80. The lowest BCUT2D eigenvalue weighted by molar-refractivity contribution is 0.0955. The van der Waals surface area contributed by atoms with E-state index < -0.39 is 0 Å². The molecule has 1 aliphatic rings. The summed E-state index contributed by atoms with van der Waals surface area (Å²) in [4.78, 5) is 12.9. The predicted octanol–water partition coefficient (Wildman–Crippen LogP) is 6.07. The lowest BCUT2D eigenvalue weighted by Crippen LogP contribution is -2.23. The fourth-order valence-corrected chi connectivity index (χ4v) is 3.42. The van der Waals surface area contributed by atoms with Gasteiger partial charge in [0, 0.05) is 5.69 Å². The Kier molecular flexibility index (Phi) is 6.32. The Morgan fingerprint density at radius 3 is 2.55 bits per heavy atom. The summed E-state index contributed by atoms with van der Waals surface area (Å²) >= 11 is 0. The lowest BCUT2D eigenvalue weighted by atomic mass is 9.85. The van der Waals surface area contributed by atoms with Crippen LogP contribution in [0, 0.1) is 19.8 Å². The number of carbonyl (C=O) groups is 1. The molecule has 0 saturated heterocycles. The molecule has 0 radical (unpaired) electrons. The Morgan fingerprint density at radius 2 is 1.79 bits per heavy atom. The third-order valence-corrected chi connectivity index (χ3v) is 5.64. The highest BCUT2D eigenvalue weighted by Gasteiger charge is 2.19. The van der Waals surface area contributed by atoms with Gasteiger partial charge in [-0.15, -0.1) is 0 Å². The average Bonchev–Trinajstić information content (AvgIpc) is 2.71. The number of para-hydroxylation sites is 1. The van der Waals surface area contributed by atoms with E-state index in [9.17, 15) is 4.79 Å². The van der Waals surface area contributed by atoms with Gasteiger partial charge < -0.3 is 5.32 Å². The van der Waals surface area contributed by atoms with Crippen molar-refractivity contribution in [1.82, 2.24) is 5.43 Å². The number of hydrogen-bond donors (Lipinski definition) is 2. The molecule has 1 amide bonds. The third-order valence-electron chi connectivity index (χ3n) is 5.64. The molecule has 1 aliphatic carbocycles. The zero-order valence-corrected chi connectivity index (χ0v) is 17.7. The highest BCUT2D eigenvalue weighted by Crippen LogP contribution is 2.27. The molecule has 0 fully saturated rings. The van der Waals surface area contributed by atoms with Crippen LogP contribution in [-0.4, -0.2) is 11.6 Å². The molecule has 0 aliphatic heterocycles. The van der Waals surface area contributed by atoms with E-state index in [1.54, 1.807) is 0 Å². The molecule has 0 spiro atoms. The van der Waals surface area contributed by atoms with Crippen molar-refractivity contribution in [3.05, 3.63) is 83.0 Å². The zero-order chi connectivity index (χ0) is 21.0. The molecular formula is C25H29N3O. The first-order valence-electron chi connectivity index (χ1n) is 9.98. The van der Waals surface area contributed by atoms with E-state index in [2.05, 4.69) is 48.4 Å². The van der Waals surface area contributed by atoms with Crippen LogP contribution >= 0.6 is 0 Å². The monoisotopic (exact) mass is 387 g/mol. The summed E-state index contributed by atoms with van der Waals surface area (Å²) in [5.74, 6) is 0.156. The van der Waals surface area contributed by atoms with Crippen molar-refractivity contribution in [2.75, 3.05) is 5.32 Å². The second-order valence-electron chi connectivity index (χ2n) is 7.79. The van der Waals surface area contributed by atoms with E-state index in [0.29, 0.717) is 11.5 Å². The summed E-state index contributed by atoms with van der Waals surface area (Å²) in [5.41, 5.74) is 10.6. The predicted molar refractivity (Wildman–Crippen MR) is 122 cm³/mol. The van der Waals surface area contributed by atoms with E-state index in [0.717, 1.165) is 46.6 Å². The number of rotatable bonds is 5. The number of hydrogen-bond acceptors (Lipinski definition) is 3. The first kappa shape index (κ1) is 20.6. The first-order chi connectivity index (χ1) is 13.9. The number of aryl methyl sites for hydroxylation is 1. The number of anilines is 2. The van der Waals surface area contributed by atoms with Gasteiger partial charge in [-0.1, -0.05) is 42.5 Å². The molecule has 2 aromatic carbocycles. The number of allylic oxidation sites excluding steroid dienone is 3. The fourth-order valence-electron chi connectivity index (χ4n) is 3.42. The second kappa shape index (κ2) is 8.91. The van der Waals surface area contributed by atoms with Gasteiger partial charge in [0.15, 0.2) is 0 Å². The second-order valence-corrected chi connectivity index (χ2v) is 7.79. The maximum absolute atomic E-state index is 12.9. The molecule has 0 aromatic heterocycles. The SMILES string of the molecule is C=C(C)[C@@H]1CC=C(C)/C(=N/NC(=O)c2ccccc2Nc2cccc(C)c2C)C1. The maximum Gasteiger partial charge on any atom is 0.273 e. The largest absolute Gasteiger partial charge is 0.355 e. The molecule has 29 heavy (non-hydrogen) atoms. The molecule has 0 heterocycles. The molecule has 4 nitrogen and oxygen atoms in total. The molecule has 0 bridgehead atoms. The van der Waals surface area contributed by atoms with E-state index in [1.165, 1.54) is 5.56 Å². The molecule has 0 saturated carbocycles. The van der Waals surface area contributed by atoms with Gasteiger partial charge in [0.25, 0.3) is 5.91 Å². The van der Waals surface area contributed by atoms with Gasteiger partial charge in [0.2, 0.25) is 0 Å². The van der Waals surface area contributed by atoms with Crippen molar-refractivity contribution in [3.63, 3.8) is 0 Å². The van der Waals surface area contributed by atoms with Crippen LogP contribution in [0.15, 0.2) is 71.4 Å². The van der Waals surface area contributed by atoms with Crippen molar-refractivity contribution in [2.45, 2.75) is 40.5 Å². The minimum absolute atomic E-state index is 0.226. The molecule has 4 heteroatoms. The van der Waals surface area contributed by atoms with Crippen LogP contribution in [0.25, 0.3) is 0 Å². The van der Waals surface area contributed by atoms with Crippen LogP contribution in [0.5, 0.6) is 0 Å². The number of amides is 1. The number of nitrogens with zero attached hydrogens (tertiary/aromatic N) is 1. The number of hydrazone groups is 1. The highest BCUT2D eigenvalue weighted by molar-refractivity contribution is 6.04. The van der Waals surface area contributed by atoms with Crippen molar-refractivity contribution in [2.24, 2.45) is 11.0 Å². The van der Waals surface area contributed by atoms with Gasteiger partial charge in [-0.3, -0.25) is 4.79 Å². The number of carbonyl (C=O) groups excluding carboxylic acids is 1. The van der Waals surface area contributed by atoms with Crippen molar-refractivity contribution < 1.29 is 4.79 Å². The van der Waals surface area contributed by atoms with Crippen molar-refractivity contribution in [1.29, 1.82) is 0 Å². The average molecular weight is 388 g/mol. The van der Waals surface area contributed by atoms with Gasteiger partial charge in [-0.25, -0.2) is 5.43 Å². The van der Waals surface area contributed by atoms with Crippen LogP contribution in [0.2, 0.25) is 0 Å². The molecule has 1 atom stereocenters. The summed E-state index contributed by atoms with van der Waals surface area (Å²) < 4.78 is 0. The van der Waals surface area contributed by atoms with Crippen LogP contribution < -0.4 is 10.7 Å². The van der Waals surface area contributed by atoms with Crippen LogP contribution in [0.4, 0.5) is 11.4 Å². The first-order valence-corrected chi connectivity index (χ1v) is 9.98. The standard InChI is InChI=1S/C25H29N3O/c1-16(2)20-14-13-18(4)24(15-20)27-28-25(29)21-10-6-7-11-23(21)26-22-12-8-9-17(3)19(22)5/h6-13,20,26H,1,14-15H2,2-5H3,(H,28,29)/b27-24+/t20-/m1/s1. The number of benzene rings is 2. The molecule has 3 rings (SSSR count). The summed E-state index contributed by atoms with van der Waals surface area (Å²) in [7, 11) is 0. The van der Waals surface area contributed by atoms with Gasteiger partial charge in [-0.2, -0.15) is 5.10 Å². The minimum atomic E-state index is -0.226. The van der Waals surface area contributed by atoms with Gasteiger partial charge in [-0.05, 0) is 81.4 Å². The zero-order valence-electron chi connectivity index (χ0n) is 17.7. The highest BCUT2D eigenvalue weighted by atomic mass is 16.2. The van der Waals surface area contributed by atoms with Crippen molar-refractivity contribution in [3.8, 4) is 0 Å². The number of nitrogens with one attached hydrogen (secondary N) is 2. The van der Waals surface area contributed by atoms with Crippen LogP contribution in [-0.2, 0) is 0 Å². The van der Waals surface area contributed by atoms with E-state index in [4.69, 9.17) is 0 Å². The van der Waals surface area contributed by atoms with E-state index in [1.807, 2.05) is 50.2 Å². The summed E-state index contributed by atoms with van der Waals surface area (Å²) in [6, 6.07) is 13.6. The smallest absolute Gasteiger partial charge is 0.273 e. The lowest BCUT2D eigenvalue weighted by Gasteiger charge is -2.22. The Hall–Kier alpha value is -3.14. The Morgan fingerprint density at radius 1 is 1.07 bits per heavy atom. The third kappa shape index (κ3) is 4.83. The Bertz CT molecular complexity index is 1000. The summed E-state index contributed by atoms with van der Waals surface area (Å²) in [6.07, 6.45) is 3.96. The topological polar surface area (TPSA) is 53.5 Å². The van der Waals surface area contributed by atoms with Crippen LogP contribution in [0.3, 0.4) is 0 Å². The van der Waals surface area contributed by atoms with Gasteiger partial charge in [0.1, 0.15) is 0 Å².